The summed E-state index contributed by atoms with van der Waals surface area (Å²) < 4.78 is 45.8. The zero-order chi connectivity index (χ0) is 21.9. The van der Waals surface area contributed by atoms with E-state index in [9.17, 15) is 18.0 Å². The van der Waals surface area contributed by atoms with Crippen LogP contribution in [0.4, 0.5) is 19.0 Å². The number of hydrogen-bond donors (Lipinski definition) is 1. The zero-order valence-electron chi connectivity index (χ0n) is 16.0. The van der Waals surface area contributed by atoms with E-state index in [4.69, 9.17) is 10.5 Å². The summed E-state index contributed by atoms with van der Waals surface area (Å²) in [5.41, 5.74) is 7.06. The van der Waals surface area contributed by atoms with Crippen LogP contribution in [0.3, 0.4) is 0 Å². The summed E-state index contributed by atoms with van der Waals surface area (Å²) >= 11 is 0. The zero-order valence-corrected chi connectivity index (χ0v) is 16.0. The highest BCUT2D eigenvalue weighted by molar-refractivity contribution is 5.96. The molecule has 0 spiro atoms. The second-order valence-electron chi connectivity index (χ2n) is 7.05. The second kappa shape index (κ2) is 6.52. The molecule has 158 valence electrons. The van der Waals surface area contributed by atoms with Crippen molar-refractivity contribution in [3.8, 4) is 5.75 Å². The fraction of sp³-hybridized carbons (Fsp3) is 0.211. The fourth-order valence-electron chi connectivity index (χ4n) is 3.58. The number of carbonyl (C=O) groups excluding carboxylic acids is 1. The predicted molar refractivity (Wildman–Crippen MR) is 102 cm³/mol. The van der Waals surface area contributed by atoms with Crippen LogP contribution in [0.1, 0.15) is 27.8 Å². The largest absolute Gasteiger partial charge is 0.491 e. The molecule has 0 aliphatic carbocycles. The lowest BCUT2D eigenvalue weighted by Gasteiger charge is -2.23. The first-order chi connectivity index (χ1) is 14.7. The van der Waals surface area contributed by atoms with Gasteiger partial charge in [-0.15, -0.1) is 0 Å². The summed E-state index contributed by atoms with van der Waals surface area (Å²) in [6, 6.07) is 1.80. The molecule has 0 aromatic carbocycles. The van der Waals surface area contributed by atoms with Crippen molar-refractivity contribution in [2.75, 3.05) is 19.4 Å². The highest BCUT2D eigenvalue weighted by Gasteiger charge is 2.37. The number of rotatable bonds is 2. The van der Waals surface area contributed by atoms with Gasteiger partial charge in [-0.05, 0) is 6.07 Å². The smallest absolute Gasteiger partial charge is 0.433 e. The van der Waals surface area contributed by atoms with Gasteiger partial charge in [0.1, 0.15) is 40.6 Å². The molecule has 1 aliphatic heterocycles. The van der Waals surface area contributed by atoms with Crippen LogP contribution < -0.4 is 10.5 Å². The van der Waals surface area contributed by atoms with Gasteiger partial charge in [0.15, 0.2) is 0 Å². The topological polar surface area (TPSA) is 112 Å². The average molecular weight is 429 g/mol. The number of nitrogens with zero attached hydrogens (tertiary/aromatic N) is 6. The Morgan fingerprint density at radius 1 is 1.23 bits per heavy atom. The SMILES string of the molecule is CN(C(=O)c1cc2c(cn1)nc(N)c1cncn12)C1COc2cc(C(F)(F)F)ncc21. The molecule has 0 bridgehead atoms. The van der Waals surface area contributed by atoms with Crippen molar-refractivity contribution in [3.05, 3.63) is 54.0 Å². The summed E-state index contributed by atoms with van der Waals surface area (Å²) in [6.07, 6.45) is 1.06. The summed E-state index contributed by atoms with van der Waals surface area (Å²) in [5.74, 6) is -0.0972. The van der Waals surface area contributed by atoms with Crippen molar-refractivity contribution in [1.29, 1.82) is 0 Å². The third kappa shape index (κ3) is 2.98. The minimum absolute atomic E-state index is 0.0119. The van der Waals surface area contributed by atoms with E-state index in [-0.39, 0.29) is 23.9 Å². The van der Waals surface area contributed by atoms with E-state index in [1.54, 1.807) is 23.0 Å². The predicted octanol–water partition coefficient (Wildman–Crippen LogP) is 2.48. The van der Waals surface area contributed by atoms with E-state index >= 15 is 0 Å². The van der Waals surface area contributed by atoms with Crippen LogP contribution >= 0.6 is 0 Å². The quantitative estimate of drug-likeness (QED) is 0.521. The molecule has 5 heterocycles. The number of alkyl halides is 3. The third-order valence-electron chi connectivity index (χ3n) is 5.21. The Kier molecular flexibility index (Phi) is 4.00. The number of carbonyl (C=O) groups is 1. The van der Waals surface area contributed by atoms with Gasteiger partial charge in [-0.25, -0.2) is 15.0 Å². The van der Waals surface area contributed by atoms with E-state index in [1.165, 1.54) is 18.1 Å². The standard InChI is InChI=1S/C19H14F3N7O2/c1-28(14-7-31-15-3-16(19(20,21)22)26-4-9(14)15)18(30)10-2-12-11(5-25-10)27-17(23)13-6-24-8-29(12)13/h2-6,8,14H,7H2,1H3,(H2,23,27). The van der Waals surface area contributed by atoms with Gasteiger partial charge in [0, 0.05) is 24.9 Å². The number of likely N-dealkylation sites (N-methyl/N-ethyl adjacent to an activating group) is 1. The van der Waals surface area contributed by atoms with E-state index in [0.717, 1.165) is 12.3 Å². The van der Waals surface area contributed by atoms with Crippen LogP contribution in [-0.2, 0) is 6.18 Å². The molecule has 9 nitrogen and oxygen atoms in total. The van der Waals surface area contributed by atoms with Gasteiger partial charge in [-0.1, -0.05) is 0 Å². The van der Waals surface area contributed by atoms with Gasteiger partial charge in [0.25, 0.3) is 5.91 Å². The maximum absolute atomic E-state index is 13.1. The van der Waals surface area contributed by atoms with E-state index in [1.807, 2.05) is 0 Å². The molecule has 1 unspecified atom stereocenters. The third-order valence-corrected chi connectivity index (χ3v) is 5.21. The number of ether oxygens (including phenoxy) is 1. The van der Waals surface area contributed by atoms with Gasteiger partial charge in [0.2, 0.25) is 0 Å². The summed E-state index contributed by atoms with van der Waals surface area (Å²) in [4.78, 5) is 30.4. The normalized spacial score (nSPS) is 15.8. The average Bonchev–Trinajstić information content (AvgIpc) is 3.39. The minimum atomic E-state index is -4.58. The molecule has 12 heteroatoms. The Hall–Kier alpha value is -3.96. The molecule has 4 aromatic rings. The van der Waals surface area contributed by atoms with Crippen molar-refractivity contribution >= 4 is 28.3 Å². The molecule has 0 fully saturated rings. The molecule has 4 aromatic heterocycles. The lowest BCUT2D eigenvalue weighted by Crippen LogP contribution is -2.32. The Bertz CT molecular complexity index is 1350. The summed E-state index contributed by atoms with van der Waals surface area (Å²) in [6.45, 7) is 0.0119. The molecule has 5 rings (SSSR count). The van der Waals surface area contributed by atoms with Gasteiger partial charge in [0.05, 0.1) is 30.3 Å². The highest BCUT2D eigenvalue weighted by atomic mass is 19.4. The molecule has 31 heavy (non-hydrogen) atoms. The lowest BCUT2D eigenvalue weighted by molar-refractivity contribution is -0.141. The molecular weight excluding hydrogens is 415 g/mol. The van der Waals surface area contributed by atoms with Crippen molar-refractivity contribution < 1.29 is 22.7 Å². The molecule has 2 N–H and O–H groups in total. The number of hydrogen-bond acceptors (Lipinski definition) is 7. The van der Waals surface area contributed by atoms with Gasteiger partial charge >= 0.3 is 6.18 Å². The number of nitrogen functional groups attached to an aromatic ring is 1. The number of nitrogens with two attached hydrogens (primary N) is 1. The first-order valence-corrected chi connectivity index (χ1v) is 9.08. The first kappa shape index (κ1) is 19.0. The van der Waals surface area contributed by atoms with Crippen molar-refractivity contribution in [2.45, 2.75) is 12.2 Å². The van der Waals surface area contributed by atoms with E-state index < -0.39 is 23.8 Å². The minimum Gasteiger partial charge on any atom is -0.491 e. The van der Waals surface area contributed by atoms with Gasteiger partial charge < -0.3 is 15.4 Å². The summed E-state index contributed by atoms with van der Waals surface area (Å²) in [7, 11) is 1.53. The molecule has 0 radical (unpaired) electrons. The van der Waals surface area contributed by atoms with Crippen LogP contribution in [0.25, 0.3) is 16.6 Å². The monoisotopic (exact) mass is 429 g/mol. The molecular formula is C19H14F3N7O2. The van der Waals surface area contributed by atoms with Crippen molar-refractivity contribution in [2.24, 2.45) is 0 Å². The Morgan fingerprint density at radius 2 is 2.03 bits per heavy atom. The Morgan fingerprint density at radius 3 is 2.81 bits per heavy atom. The van der Waals surface area contributed by atoms with Crippen LogP contribution in [-0.4, -0.2) is 48.8 Å². The Labute approximate surface area is 172 Å². The van der Waals surface area contributed by atoms with Gasteiger partial charge in [-0.2, -0.15) is 13.2 Å². The number of pyridine rings is 2. The number of anilines is 1. The second-order valence-corrected chi connectivity index (χ2v) is 7.05. The number of aromatic nitrogens is 5. The van der Waals surface area contributed by atoms with E-state index in [2.05, 4.69) is 19.9 Å². The molecule has 0 saturated heterocycles. The number of amides is 1. The highest BCUT2D eigenvalue weighted by Crippen LogP contribution is 2.39. The molecule has 1 aliphatic rings. The lowest BCUT2D eigenvalue weighted by atomic mass is 10.1. The fourth-order valence-corrected chi connectivity index (χ4v) is 3.58. The first-order valence-electron chi connectivity index (χ1n) is 9.08. The van der Waals surface area contributed by atoms with Crippen LogP contribution in [0.2, 0.25) is 0 Å². The van der Waals surface area contributed by atoms with E-state index in [0.29, 0.717) is 22.1 Å². The molecule has 1 amide bonds. The summed E-state index contributed by atoms with van der Waals surface area (Å²) in [5, 5.41) is 0. The van der Waals surface area contributed by atoms with Crippen LogP contribution in [0.5, 0.6) is 5.75 Å². The van der Waals surface area contributed by atoms with Gasteiger partial charge in [-0.3, -0.25) is 14.2 Å². The number of halogens is 3. The maximum Gasteiger partial charge on any atom is 0.433 e. The van der Waals surface area contributed by atoms with Crippen molar-refractivity contribution in [3.63, 3.8) is 0 Å². The number of fused-ring (bicyclic) bond motifs is 4. The maximum atomic E-state index is 13.1. The number of imidazole rings is 1. The van der Waals surface area contributed by atoms with Crippen LogP contribution in [0.15, 0.2) is 37.1 Å². The van der Waals surface area contributed by atoms with Crippen LogP contribution in [0, 0.1) is 0 Å². The Balaban J connectivity index is 1.49. The van der Waals surface area contributed by atoms with Crippen molar-refractivity contribution in [1.82, 2.24) is 29.2 Å². The molecule has 0 saturated carbocycles. The molecule has 1 atom stereocenters.